The average Bonchev–Trinajstić information content (AvgIpc) is 2.26. The minimum atomic E-state index is -0.118. The van der Waals surface area contributed by atoms with Crippen LogP contribution in [-0.2, 0) is 9.59 Å². The van der Waals surface area contributed by atoms with Crippen molar-refractivity contribution in [3.05, 3.63) is 0 Å². The fourth-order valence-electron chi connectivity index (χ4n) is 1.38. The Morgan fingerprint density at radius 2 is 2.00 bits per heavy atom. The number of rotatable bonds is 8. The standard InChI is InChI=1S/C11H22N2O2/c1-3-10(14)9(2)6-4-5-7-13-11(15)8-12/h9H,3-8,12H2,1-2H3,(H,13,15). The molecule has 0 saturated heterocycles. The van der Waals surface area contributed by atoms with Crippen LogP contribution < -0.4 is 11.1 Å². The highest BCUT2D eigenvalue weighted by Gasteiger charge is 2.09. The molecule has 0 heterocycles. The number of hydrogen-bond acceptors (Lipinski definition) is 3. The van der Waals surface area contributed by atoms with Crippen molar-refractivity contribution in [1.29, 1.82) is 0 Å². The van der Waals surface area contributed by atoms with E-state index in [9.17, 15) is 9.59 Å². The van der Waals surface area contributed by atoms with Gasteiger partial charge in [-0.1, -0.05) is 20.3 Å². The molecular weight excluding hydrogens is 192 g/mol. The molecule has 1 unspecified atom stereocenters. The summed E-state index contributed by atoms with van der Waals surface area (Å²) in [6.45, 7) is 4.55. The molecule has 0 aromatic rings. The van der Waals surface area contributed by atoms with Crippen molar-refractivity contribution in [2.75, 3.05) is 13.1 Å². The van der Waals surface area contributed by atoms with Crippen LogP contribution in [0.4, 0.5) is 0 Å². The van der Waals surface area contributed by atoms with Gasteiger partial charge in [0.05, 0.1) is 6.54 Å². The summed E-state index contributed by atoms with van der Waals surface area (Å²) in [5.74, 6) is 0.355. The van der Waals surface area contributed by atoms with Crippen molar-refractivity contribution < 1.29 is 9.59 Å². The van der Waals surface area contributed by atoms with Crippen LogP contribution >= 0.6 is 0 Å². The lowest BCUT2D eigenvalue weighted by atomic mass is 9.98. The second-order valence-electron chi connectivity index (χ2n) is 3.77. The second kappa shape index (κ2) is 8.41. The number of nitrogens with one attached hydrogen (secondary N) is 1. The zero-order valence-electron chi connectivity index (χ0n) is 9.71. The molecule has 3 N–H and O–H groups in total. The topological polar surface area (TPSA) is 72.2 Å². The van der Waals surface area contributed by atoms with Gasteiger partial charge in [0.2, 0.25) is 5.91 Å². The summed E-state index contributed by atoms with van der Waals surface area (Å²) in [4.78, 5) is 22.0. The number of nitrogens with two attached hydrogens (primary N) is 1. The van der Waals surface area contributed by atoms with Gasteiger partial charge in [-0.2, -0.15) is 0 Å². The zero-order chi connectivity index (χ0) is 11.7. The van der Waals surface area contributed by atoms with Crippen LogP contribution in [0.2, 0.25) is 0 Å². The maximum Gasteiger partial charge on any atom is 0.233 e. The first-order valence-corrected chi connectivity index (χ1v) is 5.61. The molecule has 0 aliphatic rings. The SMILES string of the molecule is CCC(=O)C(C)CCCCNC(=O)CN. The molecule has 0 saturated carbocycles. The van der Waals surface area contributed by atoms with Gasteiger partial charge in [-0.05, 0) is 12.8 Å². The van der Waals surface area contributed by atoms with Gasteiger partial charge >= 0.3 is 0 Å². The number of Topliss-reactive ketones (excluding diaryl/α,β-unsaturated/α-hetero) is 1. The summed E-state index contributed by atoms with van der Waals surface area (Å²) >= 11 is 0. The summed E-state index contributed by atoms with van der Waals surface area (Å²) in [6.07, 6.45) is 3.40. The lowest BCUT2D eigenvalue weighted by Gasteiger charge is -2.08. The smallest absolute Gasteiger partial charge is 0.233 e. The van der Waals surface area contributed by atoms with Gasteiger partial charge in [0.25, 0.3) is 0 Å². The van der Waals surface area contributed by atoms with Crippen LogP contribution in [0.25, 0.3) is 0 Å². The van der Waals surface area contributed by atoms with Gasteiger partial charge in [-0.25, -0.2) is 0 Å². The number of amides is 1. The van der Waals surface area contributed by atoms with E-state index in [-0.39, 0.29) is 18.4 Å². The first kappa shape index (κ1) is 14.1. The van der Waals surface area contributed by atoms with E-state index >= 15 is 0 Å². The summed E-state index contributed by atoms with van der Waals surface area (Å²) in [5.41, 5.74) is 5.14. The molecule has 0 rings (SSSR count). The lowest BCUT2D eigenvalue weighted by Crippen LogP contribution is -2.30. The minimum Gasteiger partial charge on any atom is -0.355 e. The molecule has 0 bridgehead atoms. The molecule has 0 aliphatic carbocycles. The van der Waals surface area contributed by atoms with E-state index in [1.165, 1.54) is 0 Å². The lowest BCUT2D eigenvalue weighted by molar-refractivity contribution is -0.122. The van der Waals surface area contributed by atoms with E-state index in [4.69, 9.17) is 5.73 Å². The molecule has 88 valence electrons. The minimum absolute atomic E-state index is 0.0464. The van der Waals surface area contributed by atoms with E-state index in [1.54, 1.807) is 0 Å². The maximum atomic E-state index is 11.2. The predicted octanol–water partition coefficient (Wildman–Crippen LogP) is 0.847. The van der Waals surface area contributed by atoms with Crippen molar-refractivity contribution in [1.82, 2.24) is 5.32 Å². The molecule has 0 spiro atoms. The third-order valence-electron chi connectivity index (χ3n) is 2.47. The van der Waals surface area contributed by atoms with E-state index in [0.717, 1.165) is 19.3 Å². The highest BCUT2D eigenvalue weighted by atomic mass is 16.1. The fourth-order valence-corrected chi connectivity index (χ4v) is 1.38. The average molecular weight is 214 g/mol. The first-order chi connectivity index (χ1) is 7.11. The van der Waals surface area contributed by atoms with Crippen molar-refractivity contribution in [2.24, 2.45) is 11.7 Å². The Kier molecular flexibility index (Phi) is 7.91. The van der Waals surface area contributed by atoms with Crippen molar-refractivity contribution in [2.45, 2.75) is 39.5 Å². The molecule has 4 nitrogen and oxygen atoms in total. The number of hydrogen-bond donors (Lipinski definition) is 2. The predicted molar refractivity (Wildman–Crippen MR) is 60.4 cm³/mol. The normalized spacial score (nSPS) is 12.2. The van der Waals surface area contributed by atoms with Crippen molar-refractivity contribution in [3.8, 4) is 0 Å². The Hall–Kier alpha value is -0.900. The number of carbonyl (C=O) groups excluding carboxylic acids is 2. The Morgan fingerprint density at radius 1 is 1.33 bits per heavy atom. The van der Waals surface area contributed by atoms with Gasteiger partial charge in [0, 0.05) is 18.9 Å². The number of unbranched alkanes of at least 4 members (excludes halogenated alkanes) is 1. The largest absolute Gasteiger partial charge is 0.355 e. The van der Waals surface area contributed by atoms with Crippen LogP contribution in [0.5, 0.6) is 0 Å². The van der Waals surface area contributed by atoms with Gasteiger partial charge in [0.1, 0.15) is 5.78 Å². The molecule has 0 aromatic carbocycles. The Balaban J connectivity index is 3.38. The first-order valence-electron chi connectivity index (χ1n) is 5.61. The molecule has 15 heavy (non-hydrogen) atoms. The summed E-state index contributed by atoms with van der Waals surface area (Å²) < 4.78 is 0. The maximum absolute atomic E-state index is 11.2. The van der Waals surface area contributed by atoms with E-state index in [0.29, 0.717) is 18.7 Å². The van der Waals surface area contributed by atoms with Gasteiger partial charge in [-0.15, -0.1) is 0 Å². The zero-order valence-corrected chi connectivity index (χ0v) is 9.71. The molecule has 0 radical (unpaired) electrons. The highest BCUT2D eigenvalue weighted by Crippen LogP contribution is 2.10. The third-order valence-corrected chi connectivity index (χ3v) is 2.47. The summed E-state index contributed by atoms with van der Waals surface area (Å²) in [7, 11) is 0. The third kappa shape index (κ3) is 7.08. The molecule has 0 fully saturated rings. The van der Waals surface area contributed by atoms with Crippen molar-refractivity contribution >= 4 is 11.7 Å². The van der Waals surface area contributed by atoms with Gasteiger partial charge in [-0.3, -0.25) is 9.59 Å². The Morgan fingerprint density at radius 3 is 2.53 bits per heavy atom. The second-order valence-corrected chi connectivity index (χ2v) is 3.77. The molecule has 1 atom stereocenters. The highest BCUT2D eigenvalue weighted by molar-refractivity contribution is 5.80. The molecule has 4 heteroatoms. The van der Waals surface area contributed by atoms with E-state index in [1.807, 2.05) is 13.8 Å². The van der Waals surface area contributed by atoms with Crippen LogP contribution in [0.3, 0.4) is 0 Å². The molecule has 0 aliphatic heterocycles. The van der Waals surface area contributed by atoms with Crippen LogP contribution in [-0.4, -0.2) is 24.8 Å². The van der Waals surface area contributed by atoms with Gasteiger partial charge in [0.15, 0.2) is 0 Å². The van der Waals surface area contributed by atoms with E-state index < -0.39 is 0 Å². The van der Waals surface area contributed by atoms with Crippen LogP contribution in [0, 0.1) is 5.92 Å². The fraction of sp³-hybridized carbons (Fsp3) is 0.818. The molecular formula is C11H22N2O2. The van der Waals surface area contributed by atoms with Crippen LogP contribution in [0.1, 0.15) is 39.5 Å². The van der Waals surface area contributed by atoms with Crippen molar-refractivity contribution in [3.63, 3.8) is 0 Å². The number of carbonyl (C=O) groups is 2. The van der Waals surface area contributed by atoms with E-state index in [2.05, 4.69) is 5.32 Å². The van der Waals surface area contributed by atoms with Crippen LogP contribution in [0.15, 0.2) is 0 Å². The molecule has 0 aromatic heterocycles. The summed E-state index contributed by atoms with van der Waals surface area (Å²) in [6, 6.07) is 0. The quantitative estimate of drug-likeness (QED) is 0.588. The van der Waals surface area contributed by atoms with Gasteiger partial charge < -0.3 is 11.1 Å². The Labute approximate surface area is 91.6 Å². The molecule has 1 amide bonds. The monoisotopic (exact) mass is 214 g/mol. The number of ketones is 1. The Bertz CT molecular complexity index is 205. The summed E-state index contributed by atoms with van der Waals surface area (Å²) in [5, 5.41) is 2.70.